The average Bonchev–Trinajstić information content (AvgIpc) is 2.69. The number of aromatic nitrogens is 2. The molecule has 0 spiro atoms. The highest BCUT2D eigenvalue weighted by molar-refractivity contribution is 5.86. The molecular formula is C9H14N4O3. The number of H-pyrrole nitrogens is 1. The Morgan fingerprint density at radius 1 is 1.56 bits per heavy atom. The first kappa shape index (κ1) is 12.3. The number of hydrogen-bond donors (Lipinski definition) is 4. The van der Waals surface area contributed by atoms with E-state index in [1.165, 1.54) is 6.33 Å². The lowest BCUT2D eigenvalue weighted by Gasteiger charge is -2.09. The second-order valence-corrected chi connectivity index (χ2v) is 3.35. The summed E-state index contributed by atoms with van der Waals surface area (Å²) in [5, 5.41) is 10.8. The van der Waals surface area contributed by atoms with Crippen molar-refractivity contribution in [3.8, 4) is 0 Å². The van der Waals surface area contributed by atoms with Crippen molar-refractivity contribution in [1.29, 1.82) is 0 Å². The quantitative estimate of drug-likeness (QED) is 0.450. The zero-order valence-corrected chi connectivity index (χ0v) is 8.64. The van der Waals surface area contributed by atoms with Gasteiger partial charge < -0.3 is 21.1 Å². The molecule has 0 unspecified atom stereocenters. The summed E-state index contributed by atoms with van der Waals surface area (Å²) in [7, 11) is 0. The van der Waals surface area contributed by atoms with Gasteiger partial charge in [-0.05, 0) is 0 Å². The Morgan fingerprint density at radius 2 is 2.31 bits per heavy atom. The maximum atomic E-state index is 11.4. The van der Waals surface area contributed by atoms with Crippen LogP contribution >= 0.6 is 0 Å². The summed E-state index contributed by atoms with van der Waals surface area (Å²) in [5.74, 6) is -1.23. The van der Waals surface area contributed by atoms with E-state index in [-0.39, 0.29) is 18.9 Å². The molecule has 16 heavy (non-hydrogen) atoms. The van der Waals surface area contributed by atoms with Crippen molar-refractivity contribution in [2.75, 3.05) is 13.1 Å². The fourth-order valence-corrected chi connectivity index (χ4v) is 1.17. The Bertz CT molecular complexity index is 350. The summed E-state index contributed by atoms with van der Waals surface area (Å²) in [4.78, 5) is 28.3. The van der Waals surface area contributed by atoms with E-state index in [0.717, 1.165) is 5.69 Å². The van der Waals surface area contributed by atoms with Crippen LogP contribution in [0.1, 0.15) is 5.69 Å². The van der Waals surface area contributed by atoms with E-state index >= 15 is 0 Å². The minimum absolute atomic E-state index is 0.0401. The Hall–Kier alpha value is -1.73. The summed E-state index contributed by atoms with van der Waals surface area (Å²) in [6.07, 6.45) is 3.47. The molecule has 0 aliphatic carbocycles. The van der Waals surface area contributed by atoms with Crippen LogP contribution in [0.25, 0.3) is 0 Å². The minimum Gasteiger partial charge on any atom is -0.480 e. The van der Waals surface area contributed by atoms with Crippen molar-refractivity contribution in [2.24, 2.45) is 5.73 Å². The summed E-state index contributed by atoms with van der Waals surface area (Å²) >= 11 is 0. The second kappa shape index (κ2) is 5.99. The van der Waals surface area contributed by atoms with E-state index in [4.69, 9.17) is 10.8 Å². The van der Waals surface area contributed by atoms with E-state index in [1.54, 1.807) is 6.20 Å². The summed E-state index contributed by atoms with van der Waals surface area (Å²) < 4.78 is 0. The molecule has 0 saturated heterocycles. The fourth-order valence-electron chi connectivity index (χ4n) is 1.17. The molecule has 0 bridgehead atoms. The first-order valence-electron chi connectivity index (χ1n) is 4.77. The van der Waals surface area contributed by atoms with Gasteiger partial charge in [0.1, 0.15) is 0 Å². The second-order valence-electron chi connectivity index (χ2n) is 3.35. The van der Waals surface area contributed by atoms with Gasteiger partial charge in [0.15, 0.2) is 5.78 Å². The molecule has 0 saturated carbocycles. The molecule has 1 heterocycles. The molecule has 0 amide bonds. The number of nitrogens with two attached hydrogens (primary N) is 1. The number of carbonyl (C=O) groups is 2. The summed E-state index contributed by atoms with van der Waals surface area (Å²) in [6.45, 7) is -0.288. The molecule has 0 aliphatic heterocycles. The largest absolute Gasteiger partial charge is 0.480 e. The van der Waals surface area contributed by atoms with E-state index < -0.39 is 12.0 Å². The van der Waals surface area contributed by atoms with E-state index in [0.29, 0.717) is 6.42 Å². The molecule has 0 fully saturated rings. The van der Waals surface area contributed by atoms with Crippen LogP contribution < -0.4 is 11.1 Å². The number of carboxylic acid groups (broad SMARTS) is 1. The fraction of sp³-hybridized carbons (Fsp3) is 0.444. The third-order valence-corrected chi connectivity index (χ3v) is 1.98. The summed E-state index contributed by atoms with van der Waals surface area (Å²) in [5.41, 5.74) is 6.42. The molecular weight excluding hydrogens is 212 g/mol. The van der Waals surface area contributed by atoms with Gasteiger partial charge in [-0.25, -0.2) is 4.98 Å². The van der Waals surface area contributed by atoms with E-state index in [9.17, 15) is 9.59 Å². The summed E-state index contributed by atoms with van der Waals surface area (Å²) in [6, 6.07) is -0.651. The van der Waals surface area contributed by atoms with Crippen molar-refractivity contribution >= 4 is 11.8 Å². The predicted molar refractivity (Wildman–Crippen MR) is 55.8 cm³/mol. The Balaban J connectivity index is 2.28. The first-order valence-corrected chi connectivity index (χ1v) is 4.77. The Morgan fingerprint density at radius 3 is 2.88 bits per heavy atom. The number of Topliss-reactive ketones (excluding diaryl/α,β-unsaturated/α-hetero) is 1. The SMILES string of the molecule is N[C@@H](Cc1cnc[nH]1)C(=O)CNCC(=O)O. The average molecular weight is 226 g/mol. The third-order valence-electron chi connectivity index (χ3n) is 1.98. The van der Waals surface area contributed by atoms with Crippen LogP contribution in [-0.4, -0.2) is 46.0 Å². The van der Waals surface area contributed by atoms with Gasteiger partial charge in [0.2, 0.25) is 0 Å². The van der Waals surface area contributed by atoms with Crippen molar-refractivity contribution in [3.63, 3.8) is 0 Å². The highest BCUT2D eigenvalue weighted by Gasteiger charge is 2.14. The highest BCUT2D eigenvalue weighted by atomic mass is 16.4. The number of hydrogen-bond acceptors (Lipinski definition) is 5. The maximum Gasteiger partial charge on any atom is 0.317 e. The maximum absolute atomic E-state index is 11.4. The number of ketones is 1. The van der Waals surface area contributed by atoms with Crippen molar-refractivity contribution in [3.05, 3.63) is 18.2 Å². The lowest BCUT2D eigenvalue weighted by atomic mass is 10.1. The topological polar surface area (TPSA) is 121 Å². The smallest absolute Gasteiger partial charge is 0.317 e. The van der Waals surface area contributed by atoms with Crippen LogP contribution in [0.5, 0.6) is 0 Å². The Kier molecular flexibility index (Phi) is 4.62. The number of carboxylic acids is 1. The van der Waals surface area contributed by atoms with Gasteiger partial charge in [0, 0.05) is 18.3 Å². The standard InChI is InChI=1S/C9H14N4O3/c10-7(1-6-2-12-5-13-6)8(14)3-11-4-9(15)16/h2,5,7,11H,1,3-4,10H2,(H,12,13)(H,15,16)/t7-/m0/s1. The molecule has 7 heteroatoms. The number of nitrogens with zero attached hydrogens (tertiary/aromatic N) is 1. The number of rotatable bonds is 7. The number of carbonyl (C=O) groups excluding carboxylic acids is 1. The zero-order chi connectivity index (χ0) is 12.0. The van der Waals surface area contributed by atoms with Gasteiger partial charge in [-0.3, -0.25) is 9.59 Å². The lowest BCUT2D eigenvalue weighted by Crippen LogP contribution is -2.40. The van der Waals surface area contributed by atoms with Crippen molar-refractivity contribution in [2.45, 2.75) is 12.5 Å². The van der Waals surface area contributed by atoms with Crippen molar-refractivity contribution < 1.29 is 14.7 Å². The zero-order valence-electron chi connectivity index (χ0n) is 8.64. The van der Waals surface area contributed by atoms with Gasteiger partial charge >= 0.3 is 5.97 Å². The molecule has 1 atom stereocenters. The monoisotopic (exact) mass is 226 g/mol. The molecule has 0 aromatic carbocycles. The van der Waals surface area contributed by atoms with Gasteiger partial charge in [-0.15, -0.1) is 0 Å². The third kappa shape index (κ3) is 4.20. The number of imidazole rings is 1. The van der Waals surface area contributed by atoms with Crippen molar-refractivity contribution in [1.82, 2.24) is 15.3 Å². The number of nitrogens with one attached hydrogen (secondary N) is 2. The Labute approximate surface area is 92.1 Å². The van der Waals surface area contributed by atoms with Crippen LogP contribution in [-0.2, 0) is 16.0 Å². The lowest BCUT2D eigenvalue weighted by molar-refractivity contribution is -0.136. The molecule has 5 N–H and O–H groups in total. The van der Waals surface area contributed by atoms with Gasteiger partial charge in [0.25, 0.3) is 0 Å². The van der Waals surface area contributed by atoms with Crippen LogP contribution in [0, 0.1) is 0 Å². The number of aliphatic carboxylic acids is 1. The number of aromatic amines is 1. The molecule has 1 aromatic heterocycles. The van der Waals surface area contributed by atoms with Gasteiger partial charge in [0.05, 0.1) is 25.5 Å². The van der Waals surface area contributed by atoms with Crippen LogP contribution in [0.3, 0.4) is 0 Å². The molecule has 0 radical (unpaired) electrons. The minimum atomic E-state index is -1.00. The molecule has 7 nitrogen and oxygen atoms in total. The van der Waals surface area contributed by atoms with Crippen LogP contribution in [0.4, 0.5) is 0 Å². The van der Waals surface area contributed by atoms with Crippen LogP contribution in [0.15, 0.2) is 12.5 Å². The molecule has 1 rings (SSSR count). The normalized spacial score (nSPS) is 12.3. The first-order chi connectivity index (χ1) is 7.59. The van der Waals surface area contributed by atoms with Crippen LogP contribution in [0.2, 0.25) is 0 Å². The van der Waals surface area contributed by atoms with E-state index in [2.05, 4.69) is 15.3 Å². The molecule has 1 aromatic rings. The molecule has 0 aliphatic rings. The van der Waals surface area contributed by atoms with Gasteiger partial charge in [-0.1, -0.05) is 0 Å². The highest BCUT2D eigenvalue weighted by Crippen LogP contribution is 1.96. The molecule has 88 valence electrons. The van der Waals surface area contributed by atoms with E-state index in [1.807, 2.05) is 0 Å². The predicted octanol–water partition coefficient (Wildman–Crippen LogP) is -1.48. The van der Waals surface area contributed by atoms with Gasteiger partial charge in [-0.2, -0.15) is 0 Å².